The minimum absolute atomic E-state index is 0.0909. The van der Waals surface area contributed by atoms with Crippen LogP contribution in [0.4, 0.5) is 8.78 Å². The van der Waals surface area contributed by atoms with E-state index in [1.807, 2.05) is 0 Å². The Bertz CT molecular complexity index is 535. The van der Waals surface area contributed by atoms with Crippen molar-refractivity contribution in [1.82, 2.24) is 5.43 Å². The number of rotatable bonds is 8. The molecule has 3 N–H and O–H groups in total. The smallest absolute Gasteiger partial charge is 0.150 e. The summed E-state index contributed by atoms with van der Waals surface area (Å²) in [5.74, 6) is 4.34. The van der Waals surface area contributed by atoms with E-state index < -0.39 is 21.5 Å². The lowest BCUT2D eigenvalue weighted by atomic mass is 10.0. The van der Waals surface area contributed by atoms with Gasteiger partial charge in [0.25, 0.3) is 0 Å². The fourth-order valence-corrected chi connectivity index (χ4v) is 2.79. The minimum atomic E-state index is -3.00. The van der Waals surface area contributed by atoms with Crippen LogP contribution in [-0.4, -0.2) is 26.0 Å². The number of nitrogens with two attached hydrogens (primary N) is 1. The zero-order valence-corrected chi connectivity index (χ0v) is 12.2. The van der Waals surface area contributed by atoms with Crippen molar-refractivity contribution in [2.45, 2.75) is 32.2 Å². The molecule has 0 heterocycles. The number of benzene rings is 1. The molecular formula is C13H20F2N2O2S. The highest BCUT2D eigenvalue weighted by Crippen LogP contribution is 2.13. The molecule has 0 radical (unpaired) electrons. The molecule has 0 fully saturated rings. The van der Waals surface area contributed by atoms with Crippen molar-refractivity contribution in [3.8, 4) is 0 Å². The topological polar surface area (TPSA) is 72.2 Å². The quantitative estimate of drug-likeness (QED) is 0.565. The molecule has 0 amide bonds. The molecular weight excluding hydrogens is 286 g/mol. The first-order valence-corrected chi connectivity index (χ1v) is 8.30. The van der Waals surface area contributed by atoms with Gasteiger partial charge in [0.2, 0.25) is 0 Å². The van der Waals surface area contributed by atoms with Crippen molar-refractivity contribution in [2.75, 3.05) is 11.5 Å². The highest BCUT2D eigenvalue weighted by Gasteiger charge is 2.14. The Morgan fingerprint density at radius 1 is 1.35 bits per heavy atom. The zero-order chi connectivity index (χ0) is 15.2. The molecule has 20 heavy (non-hydrogen) atoms. The molecule has 4 nitrogen and oxygen atoms in total. The molecule has 1 rings (SSSR count). The Balaban J connectivity index is 2.55. The maximum Gasteiger partial charge on any atom is 0.150 e. The van der Waals surface area contributed by atoms with Crippen molar-refractivity contribution < 1.29 is 17.2 Å². The summed E-state index contributed by atoms with van der Waals surface area (Å²) in [6.45, 7) is 1.60. The molecule has 114 valence electrons. The number of hydrogen-bond acceptors (Lipinski definition) is 4. The minimum Gasteiger partial charge on any atom is -0.271 e. The van der Waals surface area contributed by atoms with E-state index in [0.717, 1.165) is 6.07 Å². The Morgan fingerprint density at radius 3 is 2.60 bits per heavy atom. The van der Waals surface area contributed by atoms with Crippen molar-refractivity contribution in [3.05, 3.63) is 35.4 Å². The Labute approximate surface area is 118 Å². The van der Waals surface area contributed by atoms with Gasteiger partial charge in [0.1, 0.15) is 21.5 Å². The second-order valence-electron chi connectivity index (χ2n) is 4.68. The second kappa shape index (κ2) is 7.66. The van der Waals surface area contributed by atoms with Crippen molar-refractivity contribution in [2.24, 2.45) is 5.84 Å². The monoisotopic (exact) mass is 306 g/mol. The van der Waals surface area contributed by atoms with E-state index >= 15 is 0 Å². The van der Waals surface area contributed by atoms with Gasteiger partial charge in [-0.3, -0.25) is 11.3 Å². The average molecular weight is 306 g/mol. The van der Waals surface area contributed by atoms with Gasteiger partial charge in [0.15, 0.2) is 0 Å². The van der Waals surface area contributed by atoms with Crippen LogP contribution in [0.15, 0.2) is 18.2 Å². The normalized spacial score (nSPS) is 13.4. The van der Waals surface area contributed by atoms with Crippen LogP contribution in [0.5, 0.6) is 0 Å². The summed E-state index contributed by atoms with van der Waals surface area (Å²) in [5.41, 5.74) is 2.90. The fraction of sp³-hybridized carbons (Fsp3) is 0.538. The third-order valence-electron chi connectivity index (χ3n) is 3.16. The first-order chi connectivity index (χ1) is 9.38. The van der Waals surface area contributed by atoms with Gasteiger partial charge in [0.05, 0.1) is 5.75 Å². The van der Waals surface area contributed by atoms with Gasteiger partial charge in [-0.15, -0.1) is 0 Å². The summed E-state index contributed by atoms with van der Waals surface area (Å²) in [5, 5.41) is 0. The first-order valence-electron chi connectivity index (χ1n) is 6.48. The number of hydrogen-bond donors (Lipinski definition) is 2. The maximum atomic E-state index is 13.5. The zero-order valence-electron chi connectivity index (χ0n) is 11.4. The molecule has 0 bridgehead atoms. The second-order valence-corrected chi connectivity index (χ2v) is 7.15. The van der Waals surface area contributed by atoms with Crippen LogP contribution in [0.3, 0.4) is 0 Å². The summed E-state index contributed by atoms with van der Waals surface area (Å²) in [4.78, 5) is 0. The van der Waals surface area contributed by atoms with Gasteiger partial charge in [-0.1, -0.05) is 13.0 Å². The predicted molar refractivity (Wildman–Crippen MR) is 74.7 cm³/mol. The van der Waals surface area contributed by atoms with Crippen LogP contribution in [0.25, 0.3) is 0 Å². The standard InChI is InChI=1S/C13H20F2N2O2S/c1-2-20(18,19)7-3-4-12(17-16)8-10-5-6-11(14)9-13(10)15/h5-6,9,12,17H,2-4,7-8,16H2,1H3. The van der Waals surface area contributed by atoms with E-state index in [9.17, 15) is 17.2 Å². The van der Waals surface area contributed by atoms with E-state index in [4.69, 9.17) is 5.84 Å². The van der Waals surface area contributed by atoms with Crippen LogP contribution in [0.2, 0.25) is 0 Å². The molecule has 0 saturated heterocycles. The summed E-state index contributed by atoms with van der Waals surface area (Å²) in [7, 11) is -3.00. The van der Waals surface area contributed by atoms with Gasteiger partial charge in [0, 0.05) is 17.9 Å². The Hall–Kier alpha value is -1.05. The van der Waals surface area contributed by atoms with Gasteiger partial charge >= 0.3 is 0 Å². The summed E-state index contributed by atoms with van der Waals surface area (Å²) < 4.78 is 49.0. The molecule has 0 saturated carbocycles. The number of halogens is 2. The molecule has 1 aromatic rings. The number of sulfone groups is 1. The Morgan fingerprint density at radius 2 is 2.05 bits per heavy atom. The lowest BCUT2D eigenvalue weighted by Crippen LogP contribution is -2.37. The van der Waals surface area contributed by atoms with E-state index in [1.54, 1.807) is 6.92 Å². The average Bonchev–Trinajstić information content (AvgIpc) is 2.40. The van der Waals surface area contributed by atoms with E-state index in [0.29, 0.717) is 18.4 Å². The number of nitrogens with one attached hydrogen (secondary N) is 1. The third kappa shape index (κ3) is 5.52. The lowest BCUT2D eigenvalue weighted by Gasteiger charge is -2.16. The predicted octanol–water partition coefficient (Wildman–Crippen LogP) is 1.55. The van der Waals surface area contributed by atoms with E-state index in [1.165, 1.54) is 12.1 Å². The molecule has 1 aromatic carbocycles. The maximum absolute atomic E-state index is 13.5. The molecule has 1 unspecified atom stereocenters. The summed E-state index contributed by atoms with van der Waals surface area (Å²) >= 11 is 0. The molecule has 0 aliphatic heterocycles. The van der Waals surface area contributed by atoms with E-state index in [-0.39, 0.29) is 24.0 Å². The highest BCUT2D eigenvalue weighted by atomic mass is 32.2. The summed E-state index contributed by atoms with van der Waals surface area (Å²) in [6.07, 6.45) is 1.25. The number of hydrazine groups is 1. The van der Waals surface area contributed by atoms with Crippen molar-refractivity contribution >= 4 is 9.84 Å². The fourth-order valence-electron chi connectivity index (χ4n) is 1.89. The van der Waals surface area contributed by atoms with Gasteiger partial charge in [-0.05, 0) is 30.9 Å². The van der Waals surface area contributed by atoms with Crippen LogP contribution in [-0.2, 0) is 16.3 Å². The largest absolute Gasteiger partial charge is 0.271 e. The molecule has 0 aromatic heterocycles. The molecule has 1 atom stereocenters. The lowest BCUT2D eigenvalue weighted by molar-refractivity contribution is 0.472. The van der Waals surface area contributed by atoms with Gasteiger partial charge < -0.3 is 0 Å². The third-order valence-corrected chi connectivity index (χ3v) is 4.96. The SMILES string of the molecule is CCS(=O)(=O)CCCC(Cc1ccc(F)cc1F)NN. The van der Waals surface area contributed by atoms with Gasteiger partial charge in [-0.2, -0.15) is 0 Å². The molecule has 0 aliphatic rings. The van der Waals surface area contributed by atoms with Crippen LogP contribution in [0, 0.1) is 11.6 Å². The van der Waals surface area contributed by atoms with Crippen molar-refractivity contribution in [3.63, 3.8) is 0 Å². The van der Waals surface area contributed by atoms with Gasteiger partial charge in [-0.25, -0.2) is 17.2 Å². The first kappa shape index (κ1) is 17.0. The van der Waals surface area contributed by atoms with Crippen molar-refractivity contribution in [1.29, 1.82) is 0 Å². The van der Waals surface area contributed by atoms with E-state index in [2.05, 4.69) is 5.43 Å². The van der Waals surface area contributed by atoms with Crippen LogP contribution in [0.1, 0.15) is 25.3 Å². The summed E-state index contributed by atoms with van der Waals surface area (Å²) in [6, 6.07) is 3.14. The highest BCUT2D eigenvalue weighted by molar-refractivity contribution is 7.91. The van der Waals surface area contributed by atoms with Crippen LogP contribution < -0.4 is 11.3 Å². The van der Waals surface area contributed by atoms with Crippen LogP contribution >= 0.6 is 0 Å². The molecule has 7 heteroatoms. The molecule has 0 spiro atoms. The molecule has 0 aliphatic carbocycles. The Kier molecular flexibility index (Phi) is 6.51.